The molecule has 0 aliphatic carbocycles. The number of aliphatic carboxylic acids is 1. The van der Waals surface area contributed by atoms with Crippen molar-refractivity contribution in [1.29, 1.82) is 0 Å². The van der Waals surface area contributed by atoms with E-state index in [9.17, 15) is 14.4 Å². The molecular formula is C14H15N3O4. The minimum absolute atomic E-state index is 0.352. The van der Waals surface area contributed by atoms with Gasteiger partial charge in [-0.05, 0) is 13.0 Å². The van der Waals surface area contributed by atoms with Crippen molar-refractivity contribution in [1.82, 2.24) is 10.2 Å². The molecule has 110 valence electrons. The molecule has 2 rings (SSSR count). The lowest BCUT2D eigenvalue weighted by atomic mass is 9.97. The van der Waals surface area contributed by atoms with Crippen LogP contribution in [-0.2, 0) is 4.79 Å². The highest BCUT2D eigenvalue weighted by Crippen LogP contribution is 2.16. The molecule has 4 N–H and O–H groups in total. The Bertz CT molecular complexity index is 614. The molecule has 1 aliphatic heterocycles. The summed E-state index contributed by atoms with van der Waals surface area (Å²) in [5.74, 6) is -1.64. The second kappa shape index (κ2) is 5.37. The van der Waals surface area contributed by atoms with Gasteiger partial charge in [0.2, 0.25) is 5.78 Å². The van der Waals surface area contributed by atoms with Crippen LogP contribution in [0, 0.1) is 0 Å². The monoisotopic (exact) mass is 289 g/mol. The maximum absolute atomic E-state index is 12.4. The first kappa shape index (κ1) is 14.7. The van der Waals surface area contributed by atoms with Gasteiger partial charge in [0.15, 0.2) is 5.66 Å². The Labute approximate surface area is 121 Å². The van der Waals surface area contributed by atoms with Crippen molar-refractivity contribution in [3.8, 4) is 0 Å². The summed E-state index contributed by atoms with van der Waals surface area (Å²) in [7, 11) is 0. The van der Waals surface area contributed by atoms with Gasteiger partial charge in [-0.2, -0.15) is 0 Å². The zero-order chi connectivity index (χ0) is 15.6. The molecule has 0 saturated heterocycles. The number of rotatable bonds is 4. The Kier molecular flexibility index (Phi) is 3.77. The third kappa shape index (κ3) is 2.77. The Morgan fingerprint density at radius 3 is 2.48 bits per heavy atom. The summed E-state index contributed by atoms with van der Waals surface area (Å²) in [5, 5.41) is 11.3. The van der Waals surface area contributed by atoms with E-state index < -0.39 is 29.5 Å². The van der Waals surface area contributed by atoms with Gasteiger partial charge >= 0.3 is 12.0 Å². The van der Waals surface area contributed by atoms with Gasteiger partial charge in [-0.1, -0.05) is 30.3 Å². The summed E-state index contributed by atoms with van der Waals surface area (Å²) in [6.45, 7) is 1.36. The van der Waals surface area contributed by atoms with Crippen molar-refractivity contribution in [2.75, 3.05) is 0 Å². The Balaban J connectivity index is 2.27. The predicted molar refractivity (Wildman–Crippen MR) is 74.3 cm³/mol. The number of nitrogens with zero attached hydrogens (tertiary/aromatic N) is 1. The molecule has 7 nitrogen and oxygen atoms in total. The Hall–Kier alpha value is -2.67. The number of nitrogens with one attached hydrogen (secondary N) is 1. The zero-order valence-corrected chi connectivity index (χ0v) is 11.3. The van der Waals surface area contributed by atoms with Crippen LogP contribution in [-0.4, -0.2) is 39.5 Å². The quantitative estimate of drug-likeness (QED) is 0.700. The van der Waals surface area contributed by atoms with Crippen LogP contribution in [0.4, 0.5) is 4.79 Å². The molecule has 0 bridgehead atoms. The molecule has 0 saturated carbocycles. The number of hydrogen-bond acceptors (Lipinski definition) is 4. The van der Waals surface area contributed by atoms with Crippen molar-refractivity contribution >= 4 is 17.8 Å². The Morgan fingerprint density at radius 2 is 1.95 bits per heavy atom. The fraction of sp³-hybridized carbons (Fsp3) is 0.214. The minimum atomic E-state index is -1.69. The van der Waals surface area contributed by atoms with E-state index in [0.717, 1.165) is 4.90 Å². The molecular weight excluding hydrogens is 274 g/mol. The summed E-state index contributed by atoms with van der Waals surface area (Å²) in [5.41, 5.74) is 4.59. The molecule has 1 aliphatic rings. The molecule has 1 aromatic carbocycles. The smallest absolute Gasteiger partial charge is 0.326 e. The summed E-state index contributed by atoms with van der Waals surface area (Å²) >= 11 is 0. The first-order valence-corrected chi connectivity index (χ1v) is 6.26. The number of carbonyl (C=O) groups excluding carboxylic acids is 2. The molecule has 1 heterocycles. The number of ketones is 1. The van der Waals surface area contributed by atoms with E-state index in [-0.39, 0.29) is 0 Å². The average molecular weight is 289 g/mol. The highest BCUT2D eigenvalue weighted by atomic mass is 16.4. The van der Waals surface area contributed by atoms with Gasteiger partial charge in [0.05, 0.1) is 0 Å². The van der Waals surface area contributed by atoms with Crippen LogP contribution in [0.2, 0.25) is 0 Å². The van der Waals surface area contributed by atoms with E-state index in [1.807, 2.05) is 0 Å². The van der Waals surface area contributed by atoms with Crippen LogP contribution in [0.5, 0.6) is 0 Å². The zero-order valence-electron chi connectivity index (χ0n) is 11.3. The molecule has 7 heteroatoms. The highest BCUT2D eigenvalue weighted by molar-refractivity contribution is 6.06. The summed E-state index contributed by atoms with van der Waals surface area (Å²) < 4.78 is 0. The predicted octanol–water partition coefficient (Wildman–Crippen LogP) is 0.536. The van der Waals surface area contributed by atoms with Crippen LogP contribution < -0.4 is 11.1 Å². The third-order valence-corrected chi connectivity index (χ3v) is 3.23. The number of hydrogen-bond donors (Lipinski definition) is 3. The number of carbonyl (C=O) groups is 3. The summed E-state index contributed by atoms with van der Waals surface area (Å²) in [6, 6.07) is 6.50. The normalized spacial score (nSPS) is 22.6. The summed E-state index contributed by atoms with van der Waals surface area (Å²) in [6.07, 6.45) is 2.50. The molecule has 0 fully saturated rings. The van der Waals surface area contributed by atoms with Crippen LogP contribution in [0.3, 0.4) is 0 Å². The lowest BCUT2D eigenvalue weighted by Crippen LogP contribution is -2.65. The maximum Gasteiger partial charge on any atom is 0.326 e. The van der Waals surface area contributed by atoms with Gasteiger partial charge in [-0.3, -0.25) is 15.4 Å². The van der Waals surface area contributed by atoms with Crippen LogP contribution in [0.15, 0.2) is 42.6 Å². The minimum Gasteiger partial charge on any atom is -0.480 e. The second-order valence-electron chi connectivity index (χ2n) is 4.73. The van der Waals surface area contributed by atoms with Gasteiger partial charge in [0, 0.05) is 11.8 Å². The van der Waals surface area contributed by atoms with E-state index in [0.29, 0.717) is 5.56 Å². The second-order valence-corrected chi connectivity index (χ2v) is 4.73. The standard InChI is InChI=1S/C14H15N3O4/c1-9(12(19)20)17-8-7-14(15,16-13(17)21)11(18)10-5-3-2-4-6-10/h2-9H,15H2,1H3,(H,16,21)(H,19,20). The average Bonchev–Trinajstić information content (AvgIpc) is 2.46. The lowest BCUT2D eigenvalue weighted by molar-refractivity contribution is -0.140. The van der Waals surface area contributed by atoms with E-state index in [2.05, 4.69) is 5.32 Å². The highest BCUT2D eigenvalue weighted by Gasteiger charge is 2.40. The van der Waals surface area contributed by atoms with Gasteiger partial charge in [-0.25, -0.2) is 9.59 Å². The molecule has 0 aromatic heterocycles. The first-order chi connectivity index (χ1) is 9.85. The fourth-order valence-electron chi connectivity index (χ4n) is 1.93. The van der Waals surface area contributed by atoms with Crippen molar-refractivity contribution in [2.24, 2.45) is 5.73 Å². The molecule has 0 radical (unpaired) electrons. The molecule has 1 aromatic rings. The van der Waals surface area contributed by atoms with E-state index in [1.54, 1.807) is 30.3 Å². The number of urea groups is 1. The maximum atomic E-state index is 12.4. The number of carboxylic acid groups (broad SMARTS) is 1. The van der Waals surface area contributed by atoms with Crippen molar-refractivity contribution in [3.05, 3.63) is 48.2 Å². The number of amides is 2. The Morgan fingerprint density at radius 1 is 1.33 bits per heavy atom. The van der Waals surface area contributed by atoms with Crippen LogP contribution >= 0.6 is 0 Å². The van der Waals surface area contributed by atoms with Crippen molar-refractivity contribution in [2.45, 2.75) is 18.6 Å². The molecule has 0 spiro atoms. The van der Waals surface area contributed by atoms with E-state index >= 15 is 0 Å². The first-order valence-electron chi connectivity index (χ1n) is 6.26. The lowest BCUT2D eigenvalue weighted by Gasteiger charge is -2.35. The van der Waals surface area contributed by atoms with Gasteiger partial charge in [-0.15, -0.1) is 0 Å². The third-order valence-electron chi connectivity index (χ3n) is 3.23. The number of carboxylic acids is 1. The largest absolute Gasteiger partial charge is 0.480 e. The topological polar surface area (TPSA) is 113 Å². The van der Waals surface area contributed by atoms with Gasteiger partial charge < -0.3 is 10.4 Å². The molecule has 2 unspecified atom stereocenters. The molecule has 2 atom stereocenters. The van der Waals surface area contributed by atoms with E-state index in [4.69, 9.17) is 10.8 Å². The van der Waals surface area contributed by atoms with Gasteiger partial charge in [0.1, 0.15) is 6.04 Å². The molecule has 2 amide bonds. The molecule has 21 heavy (non-hydrogen) atoms. The number of benzene rings is 1. The van der Waals surface area contributed by atoms with Gasteiger partial charge in [0.25, 0.3) is 0 Å². The summed E-state index contributed by atoms with van der Waals surface area (Å²) in [4.78, 5) is 36.2. The number of Topliss-reactive ketones (excluding diaryl/α,β-unsaturated/α-hetero) is 1. The van der Waals surface area contributed by atoms with Crippen molar-refractivity contribution < 1.29 is 19.5 Å². The van der Waals surface area contributed by atoms with Crippen molar-refractivity contribution in [3.63, 3.8) is 0 Å². The van der Waals surface area contributed by atoms with Crippen LogP contribution in [0.1, 0.15) is 17.3 Å². The van der Waals surface area contributed by atoms with Crippen LogP contribution in [0.25, 0.3) is 0 Å². The SMILES string of the molecule is CC(C(=O)O)N1C=CC(N)(C(=O)c2ccccc2)NC1=O. The fourth-order valence-corrected chi connectivity index (χ4v) is 1.93. The number of nitrogens with two attached hydrogens (primary N) is 1. The van der Waals surface area contributed by atoms with E-state index in [1.165, 1.54) is 19.2 Å².